The molecule has 2 aliphatic rings. The number of piperidine rings is 2. The number of carbonyl (C=O) groups excluding carboxylic acids is 1. The smallest absolute Gasteiger partial charge is 0.347 e. The number of amides is 1. The van der Waals surface area contributed by atoms with Crippen molar-refractivity contribution in [3.63, 3.8) is 0 Å². The molecule has 0 radical (unpaired) electrons. The first-order valence-electron chi connectivity index (χ1n) is 10.2. The van der Waals surface area contributed by atoms with Gasteiger partial charge in [0, 0.05) is 18.5 Å². The summed E-state index contributed by atoms with van der Waals surface area (Å²) in [5, 5.41) is 2.03. The van der Waals surface area contributed by atoms with Gasteiger partial charge in [0.1, 0.15) is 6.54 Å². The SMILES string of the molecule is Cc1ccccc1CN1CCC(N2CCC(C(=O)NCC(F)(F)F)CC2)CC1. The molecule has 1 aromatic carbocycles. The second kappa shape index (κ2) is 9.27. The summed E-state index contributed by atoms with van der Waals surface area (Å²) in [6, 6.07) is 9.02. The number of carbonyl (C=O) groups is 1. The Bertz CT molecular complexity index is 649. The van der Waals surface area contributed by atoms with E-state index in [2.05, 4.69) is 41.0 Å². The van der Waals surface area contributed by atoms with E-state index in [4.69, 9.17) is 0 Å². The Morgan fingerprint density at radius 1 is 1.07 bits per heavy atom. The van der Waals surface area contributed by atoms with Crippen molar-refractivity contribution in [3.05, 3.63) is 35.4 Å². The molecule has 28 heavy (non-hydrogen) atoms. The summed E-state index contributed by atoms with van der Waals surface area (Å²) in [6.45, 7) is 5.62. The van der Waals surface area contributed by atoms with Crippen LogP contribution in [-0.4, -0.2) is 60.6 Å². The molecule has 2 saturated heterocycles. The van der Waals surface area contributed by atoms with Crippen molar-refractivity contribution in [2.24, 2.45) is 5.92 Å². The van der Waals surface area contributed by atoms with E-state index in [1.54, 1.807) is 0 Å². The van der Waals surface area contributed by atoms with Gasteiger partial charge in [0.25, 0.3) is 0 Å². The average Bonchev–Trinajstić information content (AvgIpc) is 2.68. The number of halogens is 3. The van der Waals surface area contributed by atoms with Gasteiger partial charge in [0.05, 0.1) is 0 Å². The molecule has 7 heteroatoms. The topological polar surface area (TPSA) is 35.6 Å². The number of alkyl halides is 3. The van der Waals surface area contributed by atoms with E-state index in [-0.39, 0.29) is 5.92 Å². The first-order valence-corrected chi connectivity index (χ1v) is 10.2. The average molecular weight is 397 g/mol. The first-order chi connectivity index (χ1) is 13.3. The molecule has 0 saturated carbocycles. The molecular weight excluding hydrogens is 367 g/mol. The standard InChI is InChI=1S/C21H30F3N3O/c1-16-4-2-3-5-18(16)14-26-10-8-19(9-11-26)27-12-6-17(7-13-27)20(28)25-15-21(22,23)24/h2-5,17,19H,6-15H2,1H3,(H,25,28). The lowest BCUT2D eigenvalue weighted by Crippen LogP contribution is -2.49. The Morgan fingerprint density at radius 3 is 2.32 bits per heavy atom. The van der Waals surface area contributed by atoms with E-state index < -0.39 is 18.6 Å². The minimum Gasteiger partial charge on any atom is -0.347 e. The normalized spacial score (nSPS) is 21.0. The lowest BCUT2D eigenvalue weighted by molar-refractivity contribution is -0.141. The molecule has 2 aliphatic heterocycles. The van der Waals surface area contributed by atoms with E-state index in [0.29, 0.717) is 18.9 Å². The molecule has 0 unspecified atom stereocenters. The Balaban J connectivity index is 1.39. The van der Waals surface area contributed by atoms with E-state index in [9.17, 15) is 18.0 Å². The van der Waals surface area contributed by atoms with Crippen LogP contribution in [0.5, 0.6) is 0 Å². The van der Waals surface area contributed by atoms with E-state index in [0.717, 1.165) is 45.6 Å². The minimum absolute atomic E-state index is 0.292. The molecule has 0 atom stereocenters. The number of benzene rings is 1. The summed E-state index contributed by atoms with van der Waals surface area (Å²) < 4.78 is 36.8. The summed E-state index contributed by atoms with van der Waals surface area (Å²) in [6.07, 6.45) is -0.837. The van der Waals surface area contributed by atoms with Crippen LogP contribution in [0.4, 0.5) is 13.2 Å². The number of likely N-dealkylation sites (tertiary alicyclic amines) is 2. The third-order valence-corrected chi connectivity index (χ3v) is 6.09. The molecular formula is C21H30F3N3O. The van der Waals surface area contributed by atoms with Crippen LogP contribution in [-0.2, 0) is 11.3 Å². The quantitative estimate of drug-likeness (QED) is 0.828. The molecule has 4 nitrogen and oxygen atoms in total. The fourth-order valence-electron chi connectivity index (χ4n) is 4.33. The van der Waals surface area contributed by atoms with Crippen LogP contribution in [0.1, 0.15) is 36.8 Å². The number of hydrogen-bond donors (Lipinski definition) is 1. The van der Waals surface area contributed by atoms with Crippen molar-refractivity contribution >= 4 is 5.91 Å². The van der Waals surface area contributed by atoms with Crippen LogP contribution in [0.3, 0.4) is 0 Å². The van der Waals surface area contributed by atoms with Crippen LogP contribution in [0.25, 0.3) is 0 Å². The monoisotopic (exact) mass is 397 g/mol. The summed E-state index contributed by atoms with van der Waals surface area (Å²) in [5.41, 5.74) is 2.71. The maximum atomic E-state index is 12.3. The highest BCUT2D eigenvalue weighted by Gasteiger charge is 2.33. The Labute approximate surface area is 165 Å². The molecule has 2 fully saturated rings. The maximum Gasteiger partial charge on any atom is 0.405 e. The number of rotatable bonds is 5. The third kappa shape index (κ3) is 5.95. The fraction of sp³-hybridized carbons (Fsp3) is 0.667. The molecule has 1 amide bonds. The number of nitrogens with zero attached hydrogens (tertiary/aromatic N) is 2. The number of hydrogen-bond acceptors (Lipinski definition) is 3. The van der Waals surface area contributed by atoms with Gasteiger partial charge >= 0.3 is 6.18 Å². The van der Waals surface area contributed by atoms with Crippen LogP contribution in [0.2, 0.25) is 0 Å². The fourth-order valence-corrected chi connectivity index (χ4v) is 4.33. The summed E-state index contributed by atoms with van der Waals surface area (Å²) in [5.74, 6) is -0.746. The van der Waals surface area contributed by atoms with Crippen molar-refractivity contribution in [2.75, 3.05) is 32.7 Å². The number of aryl methyl sites for hydroxylation is 1. The van der Waals surface area contributed by atoms with Crippen molar-refractivity contribution < 1.29 is 18.0 Å². The van der Waals surface area contributed by atoms with E-state index in [1.807, 2.05) is 5.32 Å². The van der Waals surface area contributed by atoms with Gasteiger partial charge in [-0.15, -0.1) is 0 Å². The second-order valence-corrected chi connectivity index (χ2v) is 8.08. The Hall–Kier alpha value is -1.60. The zero-order valence-corrected chi connectivity index (χ0v) is 16.5. The lowest BCUT2D eigenvalue weighted by atomic mass is 9.92. The van der Waals surface area contributed by atoms with E-state index in [1.165, 1.54) is 11.1 Å². The van der Waals surface area contributed by atoms with Crippen molar-refractivity contribution in [1.82, 2.24) is 15.1 Å². The Morgan fingerprint density at radius 2 is 1.71 bits per heavy atom. The molecule has 0 spiro atoms. The van der Waals surface area contributed by atoms with Crippen LogP contribution >= 0.6 is 0 Å². The summed E-state index contributed by atoms with van der Waals surface area (Å²) in [7, 11) is 0. The van der Waals surface area contributed by atoms with Crippen molar-refractivity contribution in [1.29, 1.82) is 0 Å². The number of nitrogens with one attached hydrogen (secondary N) is 1. The molecule has 1 N–H and O–H groups in total. The lowest BCUT2D eigenvalue weighted by Gasteiger charge is -2.41. The predicted molar refractivity (Wildman–Crippen MR) is 103 cm³/mol. The van der Waals surface area contributed by atoms with Crippen molar-refractivity contribution in [2.45, 2.75) is 51.4 Å². The zero-order valence-electron chi connectivity index (χ0n) is 16.5. The van der Waals surface area contributed by atoms with Crippen LogP contribution in [0, 0.1) is 12.8 Å². The summed E-state index contributed by atoms with van der Waals surface area (Å²) in [4.78, 5) is 16.9. The molecule has 0 aromatic heterocycles. The highest BCUT2D eigenvalue weighted by atomic mass is 19.4. The van der Waals surface area contributed by atoms with Gasteiger partial charge in [0.2, 0.25) is 5.91 Å². The van der Waals surface area contributed by atoms with E-state index >= 15 is 0 Å². The molecule has 3 rings (SSSR count). The second-order valence-electron chi connectivity index (χ2n) is 8.08. The molecule has 1 aromatic rings. The third-order valence-electron chi connectivity index (χ3n) is 6.09. The minimum atomic E-state index is -4.34. The van der Waals surface area contributed by atoms with Crippen molar-refractivity contribution in [3.8, 4) is 0 Å². The summed E-state index contributed by atoms with van der Waals surface area (Å²) >= 11 is 0. The van der Waals surface area contributed by atoms with Gasteiger partial charge in [-0.1, -0.05) is 24.3 Å². The highest BCUT2D eigenvalue weighted by Crippen LogP contribution is 2.25. The first kappa shape index (κ1) is 21.1. The molecule has 0 aliphatic carbocycles. The van der Waals surface area contributed by atoms with Crippen LogP contribution < -0.4 is 5.32 Å². The molecule has 156 valence electrons. The largest absolute Gasteiger partial charge is 0.405 e. The highest BCUT2D eigenvalue weighted by molar-refractivity contribution is 5.78. The predicted octanol–water partition coefficient (Wildman–Crippen LogP) is 3.35. The van der Waals surface area contributed by atoms with Gasteiger partial charge in [-0.05, 0) is 69.9 Å². The zero-order chi connectivity index (χ0) is 20.1. The molecule has 2 heterocycles. The van der Waals surface area contributed by atoms with Gasteiger partial charge in [-0.25, -0.2) is 0 Å². The van der Waals surface area contributed by atoms with Gasteiger partial charge in [0.15, 0.2) is 0 Å². The Kier molecular flexibility index (Phi) is 6.99. The van der Waals surface area contributed by atoms with Gasteiger partial charge in [-0.3, -0.25) is 9.69 Å². The molecule has 0 bridgehead atoms. The van der Waals surface area contributed by atoms with Gasteiger partial charge < -0.3 is 10.2 Å². The van der Waals surface area contributed by atoms with Crippen LogP contribution in [0.15, 0.2) is 24.3 Å². The van der Waals surface area contributed by atoms with Gasteiger partial charge in [-0.2, -0.15) is 13.2 Å². The maximum absolute atomic E-state index is 12.3.